The molecule has 2 aromatic rings. The predicted octanol–water partition coefficient (Wildman–Crippen LogP) is 4.73. The van der Waals surface area contributed by atoms with Crippen molar-refractivity contribution in [2.45, 2.75) is 6.54 Å². The van der Waals surface area contributed by atoms with Crippen LogP contribution in [0.1, 0.15) is 11.1 Å². The molecule has 0 heterocycles. The van der Waals surface area contributed by atoms with Crippen LogP contribution in [0, 0.1) is 17.1 Å². The fourth-order valence-electron chi connectivity index (χ4n) is 1.64. The Labute approximate surface area is 123 Å². The van der Waals surface area contributed by atoms with Crippen LogP contribution >= 0.6 is 27.5 Å². The highest BCUT2D eigenvalue weighted by molar-refractivity contribution is 9.10. The molecule has 5 heteroatoms. The maximum Gasteiger partial charge on any atom is 0.123 e. The average molecular weight is 340 g/mol. The van der Waals surface area contributed by atoms with Gasteiger partial charge in [-0.1, -0.05) is 11.6 Å². The quantitative estimate of drug-likeness (QED) is 0.878. The van der Waals surface area contributed by atoms with Crippen molar-refractivity contribution in [2.75, 3.05) is 5.32 Å². The normalized spacial score (nSPS) is 10.0. The Morgan fingerprint density at radius 1 is 1.26 bits per heavy atom. The number of rotatable bonds is 3. The predicted molar refractivity (Wildman–Crippen MR) is 77.6 cm³/mol. The second-order valence-electron chi connectivity index (χ2n) is 3.89. The second-order valence-corrected chi connectivity index (χ2v) is 5.18. The molecule has 96 valence electrons. The van der Waals surface area contributed by atoms with Gasteiger partial charge in [0.25, 0.3) is 0 Å². The zero-order valence-electron chi connectivity index (χ0n) is 9.75. The van der Waals surface area contributed by atoms with E-state index in [2.05, 4.69) is 21.2 Å². The Balaban J connectivity index is 2.19. The first-order valence-corrected chi connectivity index (χ1v) is 6.64. The van der Waals surface area contributed by atoms with Crippen molar-refractivity contribution in [1.82, 2.24) is 0 Å². The van der Waals surface area contributed by atoms with Crippen LogP contribution in [0.5, 0.6) is 0 Å². The second kappa shape index (κ2) is 6.05. The Morgan fingerprint density at radius 3 is 2.74 bits per heavy atom. The molecule has 2 nitrogen and oxygen atoms in total. The summed E-state index contributed by atoms with van der Waals surface area (Å²) in [6.45, 7) is 0.362. The van der Waals surface area contributed by atoms with Crippen molar-refractivity contribution in [2.24, 2.45) is 0 Å². The summed E-state index contributed by atoms with van der Waals surface area (Å²) >= 11 is 9.24. The van der Waals surface area contributed by atoms with Crippen molar-refractivity contribution < 1.29 is 4.39 Å². The molecule has 0 fully saturated rings. The number of hydrogen-bond donors (Lipinski definition) is 1. The van der Waals surface area contributed by atoms with E-state index in [0.29, 0.717) is 22.7 Å². The van der Waals surface area contributed by atoms with Gasteiger partial charge in [0.05, 0.1) is 11.6 Å². The van der Waals surface area contributed by atoms with Gasteiger partial charge in [0.15, 0.2) is 0 Å². The SMILES string of the molecule is N#Cc1ccc(F)cc1CNc1ccc(Cl)cc1Br. The van der Waals surface area contributed by atoms with Crippen LogP contribution in [0.25, 0.3) is 0 Å². The number of anilines is 1. The Kier molecular flexibility index (Phi) is 4.41. The molecule has 0 atom stereocenters. The molecule has 0 bridgehead atoms. The van der Waals surface area contributed by atoms with Crippen LogP contribution in [-0.4, -0.2) is 0 Å². The van der Waals surface area contributed by atoms with E-state index in [9.17, 15) is 4.39 Å². The van der Waals surface area contributed by atoms with E-state index in [-0.39, 0.29) is 5.82 Å². The van der Waals surface area contributed by atoms with Gasteiger partial charge in [-0.15, -0.1) is 0 Å². The van der Waals surface area contributed by atoms with E-state index in [4.69, 9.17) is 16.9 Å². The lowest BCUT2D eigenvalue weighted by Gasteiger charge is -2.10. The maximum absolute atomic E-state index is 13.2. The molecule has 0 aliphatic carbocycles. The number of benzene rings is 2. The zero-order valence-corrected chi connectivity index (χ0v) is 12.1. The van der Waals surface area contributed by atoms with Crippen molar-refractivity contribution in [3.63, 3.8) is 0 Å². The van der Waals surface area contributed by atoms with Gasteiger partial charge in [-0.05, 0) is 57.9 Å². The summed E-state index contributed by atoms with van der Waals surface area (Å²) in [6, 6.07) is 11.5. The first kappa shape index (κ1) is 13.9. The zero-order chi connectivity index (χ0) is 13.8. The molecule has 2 rings (SSSR count). The third-order valence-corrected chi connectivity index (χ3v) is 3.48. The van der Waals surface area contributed by atoms with Gasteiger partial charge in [-0.25, -0.2) is 4.39 Å². The van der Waals surface area contributed by atoms with Crippen molar-refractivity contribution in [3.05, 3.63) is 62.8 Å². The molecule has 1 N–H and O–H groups in total. The van der Waals surface area contributed by atoms with Gasteiger partial charge in [0.2, 0.25) is 0 Å². The molecule has 0 aliphatic rings. The van der Waals surface area contributed by atoms with E-state index in [0.717, 1.165) is 10.2 Å². The van der Waals surface area contributed by atoms with Gasteiger partial charge in [0, 0.05) is 21.7 Å². The first-order chi connectivity index (χ1) is 9.10. The highest BCUT2D eigenvalue weighted by Crippen LogP contribution is 2.26. The molecule has 0 radical (unpaired) electrons. The van der Waals surface area contributed by atoms with Crippen molar-refractivity contribution in [1.29, 1.82) is 5.26 Å². The Hall–Kier alpha value is -1.57. The first-order valence-electron chi connectivity index (χ1n) is 5.47. The number of nitrogens with zero attached hydrogens (tertiary/aromatic N) is 1. The van der Waals surface area contributed by atoms with E-state index in [1.165, 1.54) is 18.2 Å². The van der Waals surface area contributed by atoms with Crippen LogP contribution in [0.15, 0.2) is 40.9 Å². The van der Waals surface area contributed by atoms with E-state index in [1.54, 1.807) is 12.1 Å². The molecule has 0 amide bonds. The van der Waals surface area contributed by atoms with Crippen LogP contribution < -0.4 is 5.32 Å². The summed E-state index contributed by atoms with van der Waals surface area (Å²) in [5, 5.41) is 12.7. The molecule has 0 spiro atoms. The van der Waals surface area contributed by atoms with Gasteiger partial charge in [0.1, 0.15) is 5.82 Å². The summed E-state index contributed by atoms with van der Waals surface area (Å²) in [7, 11) is 0. The highest BCUT2D eigenvalue weighted by atomic mass is 79.9. The number of hydrogen-bond acceptors (Lipinski definition) is 2. The summed E-state index contributed by atoms with van der Waals surface area (Å²) in [5.41, 5.74) is 1.90. The molecule has 0 saturated heterocycles. The molecular weight excluding hydrogens is 331 g/mol. The standard InChI is InChI=1S/C14H9BrClFN2/c15-13-6-11(16)2-4-14(13)19-8-10-5-12(17)3-1-9(10)7-18/h1-6,19H,8H2. The summed E-state index contributed by atoms with van der Waals surface area (Å²) in [4.78, 5) is 0. The minimum atomic E-state index is -0.356. The lowest BCUT2D eigenvalue weighted by molar-refractivity contribution is 0.625. The van der Waals surface area contributed by atoms with E-state index >= 15 is 0 Å². The lowest BCUT2D eigenvalue weighted by Crippen LogP contribution is -2.02. The van der Waals surface area contributed by atoms with Crippen LogP contribution in [0.3, 0.4) is 0 Å². The van der Waals surface area contributed by atoms with Crippen LogP contribution in [-0.2, 0) is 6.54 Å². The molecular formula is C14H9BrClFN2. The minimum Gasteiger partial charge on any atom is -0.380 e. The van der Waals surface area contributed by atoms with Crippen LogP contribution in [0.2, 0.25) is 5.02 Å². The number of nitriles is 1. The number of halogens is 3. The molecule has 0 unspecified atom stereocenters. The Morgan fingerprint density at radius 2 is 2.05 bits per heavy atom. The summed E-state index contributed by atoms with van der Waals surface area (Å²) in [6.07, 6.45) is 0. The average Bonchev–Trinajstić information content (AvgIpc) is 2.38. The smallest absolute Gasteiger partial charge is 0.123 e. The lowest BCUT2D eigenvalue weighted by atomic mass is 10.1. The van der Waals surface area contributed by atoms with Crippen molar-refractivity contribution in [3.8, 4) is 6.07 Å². The molecule has 0 aromatic heterocycles. The fraction of sp³-hybridized carbons (Fsp3) is 0.0714. The topological polar surface area (TPSA) is 35.8 Å². The van der Waals surface area contributed by atoms with Crippen molar-refractivity contribution >= 4 is 33.2 Å². The summed E-state index contributed by atoms with van der Waals surface area (Å²) in [5.74, 6) is -0.356. The monoisotopic (exact) mass is 338 g/mol. The van der Waals surface area contributed by atoms with Gasteiger partial charge < -0.3 is 5.32 Å². The molecule has 2 aromatic carbocycles. The highest BCUT2D eigenvalue weighted by Gasteiger charge is 2.05. The molecule has 19 heavy (non-hydrogen) atoms. The van der Waals surface area contributed by atoms with E-state index < -0.39 is 0 Å². The fourth-order valence-corrected chi connectivity index (χ4v) is 2.46. The molecule has 0 aliphatic heterocycles. The van der Waals surface area contributed by atoms with Gasteiger partial charge >= 0.3 is 0 Å². The van der Waals surface area contributed by atoms with E-state index in [1.807, 2.05) is 12.1 Å². The van der Waals surface area contributed by atoms with Crippen LogP contribution in [0.4, 0.5) is 10.1 Å². The number of nitrogens with one attached hydrogen (secondary N) is 1. The largest absolute Gasteiger partial charge is 0.380 e. The third-order valence-electron chi connectivity index (χ3n) is 2.59. The van der Waals surface area contributed by atoms with Gasteiger partial charge in [-0.3, -0.25) is 0 Å². The molecule has 0 saturated carbocycles. The maximum atomic E-state index is 13.2. The van der Waals surface area contributed by atoms with Gasteiger partial charge in [-0.2, -0.15) is 5.26 Å². The summed E-state index contributed by atoms with van der Waals surface area (Å²) < 4.78 is 14.0. The Bertz CT molecular complexity index is 652. The third kappa shape index (κ3) is 3.46. The minimum absolute atomic E-state index is 0.356.